The molecule has 1 heterocycles. The number of aromatic carboxylic acids is 1. The van der Waals surface area contributed by atoms with Gasteiger partial charge in [0.2, 0.25) is 0 Å². The molecule has 0 aromatic heterocycles. The van der Waals surface area contributed by atoms with Crippen molar-refractivity contribution >= 4 is 35.3 Å². The van der Waals surface area contributed by atoms with E-state index >= 15 is 0 Å². The van der Waals surface area contributed by atoms with Gasteiger partial charge in [-0.15, -0.1) is 0 Å². The average Bonchev–Trinajstić information content (AvgIpc) is 2.84. The highest BCUT2D eigenvalue weighted by Gasteiger charge is 2.38. The van der Waals surface area contributed by atoms with E-state index in [0.717, 1.165) is 5.56 Å². The number of anilines is 2. The molecule has 0 radical (unpaired) electrons. The third-order valence-electron chi connectivity index (χ3n) is 5.26. The molecular formula is C24H26F3N3O7. The van der Waals surface area contributed by atoms with Crippen LogP contribution in [0.25, 0.3) is 0 Å². The fraction of sp³-hybridized carbons (Fsp3) is 0.333. The number of aryl methyl sites for hydroxylation is 1. The van der Waals surface area contributed by atoms with Crippen LogP contribution < -0.4 is 10.2 Å². The van der Waals surface area contributed by atoms with Gasteiger partial charge < -0.3 is 30.1 Å². The Morgan fingerprint density at radius 1 is 0.973 bits per heavy atom. The minimum atomic E-state index is -5.08. The molecule has 0 bridgehead atoms. The largest absolute Gasteiger partial charge is 0.490 e. The first-order valence-electron chi connectivity index (χ1n) is 11.1. The first kappa shape index (κ1) is 28.9. The van der Waals surface area contributed by atoms with Gasteiger partial charge in [-0.2, -0.15) is 13.2 Å². The highest BCUT2D eigenvalue weighted by molar-refractivity contribution is 6.06. The van der Waals surface area contributed by atoms with Gasteiger partial charge in [-0.1, -0.05) is 18.2 Å². The van der Waals surface area contributed by atoms with Crippen LogP contribution in [0.4, 0.5) is 29.3 Å². The fourth-order valence-corrected chi connectivity index (χ4v) is 3.43. The molecule has 2 aromatic rings. The van der Waals surface area contributed by atoms with E-state index in [-0.39, 0.29) is 17.6 Å². The Kier molecular flexibility index (Phi) is 9.86. The molecule has 200 valence electrons. The van der Waals surface area contributed by atoms with Crippen molar-refractivity contribution < 1.29 is 47.3 Å². The second-order valence-corrected chi connectivity index (χ2v) is 7.78. The van der Waals surface area contributed by atoms with Crippen molar-refractivity contribution in [3.8, 4) is 0 Å². The molecule has 1 saturated heterocycles. The summed E-state index contributed by atoms with van der Waals surface area (Å²) >= 11 is 0. The van der Waals surface area contributed by atoms with Crippen molar-refractivity contribution in [1.29, 1.82) is 0 Å². The van der Waals surface area contributed by atoms with Crippen LogP contribution in [0.5, 0.6) is 0 Å². The number of piperazine rings is 1. The predicted octanol–water partition coefficient (Wildman–Crippen LogP) is 3.86. The first-order chi connectivity index (χ1) is 17.3. The van der Waals surface area contributed by atoms with Gasteiger partial charge in [0.25, 0.3) is 5.91 Å². The summed E-state index contributed by atoms with van der Waals surface area (Å²) in [5.74, 6) is -4.13. The average molecular weight is 525 g/mol. The molecule has 0 aliphatic carbocycles. The molecule has 2 aromatic carbocycles. The molecule has 1 aliphatic rings. The molecule has 3 rings (SSSR count). The molecule has 13 heteroatoms. The lowest BCUT2D eigenvalue weighted by atomic mass is 10.1. The number of benzene rings is 2. The van der Waals surface area contributed by atoms with Gasteiger partial charge in [-0.3, -0.25) is 4.79 Å². The van der Waals surface area contributed by atoms with Gasteiger partial charge in [-0.05, 0) is 43.7 Å². The van der Waals surface area contributed by atoms with Gasteiger partial charge >= 0.3 is 24.2 Å². The van der Waals surface area contributed by atoms with Crippen LogP contribution in [0.15, 0.2) is 42.5 Å². The molecule has 0 unspecified atom stereocenters. The molecule has 0 atom stereocenters. The topological polar surface area (TPSA) is 136 Å². The van der Waals surface area contributed by atoms with E-state index in [2.05, 4.69) is 5.32 Å². The fourth-order valence-electron chi connectivity index (χ4n) is 3.43. The Balaban J connectivity index is 0.000000604. The van der Waals surface area contributed by atoms with Crippen molar-refractivity contribution in [2.45, 2.75) is 20.0 Å². The number of carbonyl (C=O) groups excluding carboxylic acids is 2. The number of carboxylic acid groups (broad SMARTS) is 2. The van der Waals surface area contributed by atoms with Crippen LogP contribution in [-0.2, 0) is 9.53 Å². The standard InChI is InChI=1S/C22H25N3O5.C2HF3O2/c1-3-30-22(29)25-12-10-24(11-13-25)19-9-8-16(14-18(19)21(27)28)23-20(26)17-7-5-4-6-15(17)2;3-2(4,5)1(6)7/h4-9,14H,3,10-13H2,1-2H3,(H,23,26)(H,27,28);(H,6,7). The number of carboxylic acids is 2. The van der Waals surface area contributed by atoms with E-state index < -0.39 is 18.1 Å². The number of aliphatic carboxylic acids is 1. The highest BCUT2D eigenvalue weighted by atomic mass is 19.4. The first-order valence-corrected chi connectivity index (χ1v) is 11.1. The van der Waals surface area contributed by atoms with Crippen molar-refractivity contribution in [2.75, 3.05) is 43.0 Å². The SMILES string of the molecule is CCOC(=O)N1CCN(c2ccc(NC(=O)c3ccccc3C)cc2C(=O)O)CC1.O=C(O)C(F)(F)F. The molecule has 10 nitrogen and oxygen atoms in total. The van der Waals surface area contributed by atoms with Crippen molar-refractivity contribution in [3.63, 3.8) is 0 Å². The van der Waals surface area contributed by atoms with Crippen LogP contribution in [0.1, 0.15) is 33.2 Å². The second kappa shape index (κ2) is 12.6. The number of rotatable bonds is 5. The Labute approximate surface area is 210 Å². The summed E-state index contributed by atoms with van der Waals surface area (Å²) in [5.41, 5.74) is 2.44. The minimum Gasteiger partial charge on any atom is -0.478 e. The third-order valence-corrected chi connectivity index (χ3v) is 5.26. The van der Waals surface area contributed by atoms with Gasteiger partial charge in [0.05, 0.1) is 17.9 Å². The zero-order valence-corrected chi connectivity index (χ0v) is 20.0. The van der Waals surface area contributed by atoms with Crippen LogP contribution in [0.3, 0.4) is 0 Å². The van der Waals surface area contributed by atoms with E-state index in [0.29, 0.717) is 49.7 Å². The summed E-state index contributed by atoms with van der Waals surface area (Å²) in [5, 5.41) is 19.6. The van der Waals surface area contributed by atoms with Crippen LogP contribution in [0.2, 0.25) is 0 Å². The van der Waals surface area contributed by atoms with Gasteiger partial charge in [-0.25, -0.2) is 14.4 Å². The molecule has 0 saturated carbocycles. The lowest BCUT2D eigenvalue weighted by Crippen LogP contribution is -2.49. The maximum atomic E-state index is 12.5. The minimum absolute atomic E-state index is 0.0992. The molecule has 1 fully saturated rings. The Hall–Kier alpha value is -4.29. The zero-order chi connectivity index (χ0) is 27.8. The number of hydrogen-bond acceptors (Lipinski definition) is 6. The van der Waals surface area contributed by atoms with Crippen LogP contribution >= 0.6 is 0 Å². The maximum Gasteiger partial charge on any atom is 0.490 e. The molecule has 3 N–H and O–H groups in total. The Morgan fingerprint density at radius 2 is 1.57 bits per heavy atom. The van der Waals surface area contributed by atoms with E-state index in [9.17, 15) is 32.7 Å². The molecule has 1 aliphatic heterocycles. The van der Waals surface area contributed by atoms with Crippen LogP contribution in [0, 0.1) is 6.92 Å². The van der Waals surface area contributed by atoms with Gasteiger partial charge in [0.15, 0.2) is 0 Å². The molecular weight excluding hydrogens is 499 g/mol. The monoisotopic (exact) mass is 525 g/mol. The number of amides is 2. The summed E-state index contributed by atoms with van der Waals surface area (Å²) in [6.45, 7) is 5.80. The quantitative estimate of drug-likeness (QED) is 0.536. The van der Waals surface area contributed by atoms with Crippen LogP contribution in [-0.4, -0.2) is 78.0 Å². The van der Waals surface area contributed by atoms with Crippen molar-refractivity contribution in [3.05, 3.63) is 59.2 Å². The summed E-state index contributed by atoms with van der Waals surface area (Å²) in [4.78, 5) is 48.7. The number of carbonyl (C=O) groups is 4. The predicted molar refractivity (Wildman–Crippen MR) is 127 cm³/mol. The summed E-state index contributed by atoms with van der Waals surface area (Å²) < 4.78 is 36.8. The number of alkyl halides is 3. The van der Waals surface area contributed by atoms with Crippen molar-refractivity contribution in [1.82, 2.24) is 4.90 Å². The summed E-state index contributed by atoms with van der Waals surface area (Å²) in [7, 11) is 0. The molecule has 37 heavy (non-hydrogen) atoms. The maximum absolute atomic E-state index is 12.5. The van der Waals surface area contributed by atoms with E-state index in [1.807, 2.05) is 24.0 Å². The smallest absolute Gasteiger partial charge is 0.478 e. The summed E-state index contributed by atoms with van der Waals surface area (Å²) in [6, 6.07) is 12.0. The van der Waals surface area contributed by atoms with E-state index in [1.54, 1.807) is 36.1 Å². The molecule has 0 spiro atoms. The summed E-state index contributed by atoms with van der Waals surface area (Å²) in [6.07, 6.45) is -5.44. The Morgan fingerprint density at radius 3 is 2.08 bits per heavy atom. The normalized spacial score (nSPS) is 13.2. The van der Waals surface area contributed by atoms with E-state index in [1.165, 1.54) is 6.07 Å². The lowest BCUT2D eigenvalue weighted by Gasteiger charge is -2.36. The molecule has 2 amide bonds. The Bertz CT molecular complexity index is 1150. The van der Waals surface area contributed by atoms with Gasteiger partial charge in [0, 0.05) is 37.4 Å². The number of nitrogens with zero attached hydrogens (tertiary/aromatic N) is 2. The van der Waals surface area contributed by atoms with E-state index in [4.69, 9.17) is 14.6 Å². The number of hydrogen-bond donors (Lipinski definition) is 3. The van der Waals surface area contributed by atoms with Crippen molar-refractivity contribution in [2.24, 2.45) is 0 Å². The van der Waals surface area contributed by atoms with Gasteiger partial charge in [0.1, 0.15) is 0 Å². The lowest BCUT2D eigenvalue weighted by molar-refractivity contribution is -0.192. The number of halogens is 3. The highest BCUT2D eigenvalue weighted by Crippen LogP contribution is 2.26. The third kappa shape index (κ3) is 8.12. The second-order valence-electron chi connectivity index (χ2n) is 7.78. The zero-order valence-electron chi connectivity index (χ0n) is 20.0. The number of ether oxygens (including phenoxy) is 1. The number of nitrogens with one attached hydrogen (secondary N) is 1.